The van der Waals surface area contributed by atoms with E-state index in [0.29, 0.717) is 37.6 Å². The van der Waals surface area contributed by atoms with Gasteiger partial charge < -0.3 is 24.8 Å². The first kappa shape index (κ1) is 21.0. The monoisotopic (exact) mass is 424 g/mol. The van der Waals surface area contributed by atoms with Crippen LogP contribution in [0, 0.1) is 5.92 Å². The molecule has 164 valence electrons. The van der Waals surface area contributed by atoms with Crippen molar-refractivity contribution in [3.05, 3.63) is 59.2 Å². The minimum atomic E-state index is -0.565. The van der Waals surface area contributed by atoms with E-state index in [1.807, 2.05) is 45.0 Å². The zero-order valence-corrected chi connectivity index (χ0v) is 18.1. The summed E-state index contributed by atoms with van der Waals surface area (Å²) in [6.07, 6.45) is -0.340. The maximum absolute atomic E-state index is 12.7. The molecular weight excluding hydrogens is 396 g/mol. The zero-order valence-electron chi connectivity index (χ0n) is 18.1. The van der Waals surface area contributed by atoms with E-state index in [9.17, 15) is 14.7 Å². The molecule has 7 heteroatoms. The minimum absolute atomic E-state index is 0.0409. The molecule has 2 aromatic rings. The molecule has 0 aliphatic carbocycles. The van der Waals surface area contributed by atoms with E-state index in [1.54, 1.807) is 23.1 Å². The first-order chi connectivity index (χ1) is 14.7. The molecule has 1 fully saturated rings. The van der Waals surface area contributed by atoms with Crippen LogP contribution >= 0.6 is 0 Å². The van der Waals surface area contributed by atoms with Gasteiger partial charge in [0, 0.05) is 37.0 Å². The van der Waals surface area contributed by atoms with Gasteiger partial charge in [-0.15, -0.1) is 0 Å². The van der Waals surface area contributed by atoms with Gasteiger partial charge in [-0.05, 0) is 56.2 Å². The fourth-order valence-electron chi connectivity index (χ4n) is 4.10. The third-order valence-electron chi connectivity index (χ3n) is 5.64. The Balaban J connectivity index is 1.50. The van der Waals surface area contributed by atoms with Gasteiger partial charge in [0.2, 0.25) is 0 Å². The topological polar surface area (TPSA) is 88.1 Å². The molecule has 0 aromatic heterocycles. The number of likely N-dealkylation sites (tertiary alicyclic amines) is 1. The van der Waals surface area contributed by atoms with E-state index in [1.165, 1.54) is 0 Å². The molecule has 2 amide bonds. The van der Waals surface area contributed by atoms with Crippen molar-refractivity contribution in [1.29, 1.82) is 0 Å². The van der Waals surface area contributed by atoms with Crippen molar-refractivity contribution in [2.75, 3.05) is 19.7 Å². The van der Waals surface area contributed by atoms with Crippen LogP contribution in [0.4, 0.5) is 4.79 Å². The summed E-state index contributed by atoms with van der Waals surface area (Å²) in [7, 11) is 0. The number of carbonyl (C=O) groups is 2. The lowest BCUT2D eigenvalue weighted by Gasteiger charge is -2.24. The molecule has 2 aliphatic rings. The second-order valence-electron chi connectivity index (χ2n) is 9.16. The van der Waals surface area contributed by atoms with Crippen molar-refractivity contribution in [2.45, 2.75) is 38.8 Å². The minimum Gasteiger partial charge on any atom is -0.508 e. The van der Waals surface area contributed by atoms with Crippen LogP contribution < -0.4 is 10.1 Å². The lowest BCUT2D eigenvalue weighted by Crippen LogP contribution is -2.35. The van der Waals surface area contributed by atoms with Crippen LogP contribution in [0.5, 0.6) is 11.5 Å². The number of nitrogens with zero attached hydrogens (tertiary/aromatic N) is 1. The van der Waals surface area contributed by atoms with Crippen molar-refractivity contribution in [1.82, 2.24) is 10.2 Å². The maximum Gasteiger partial charge on any atom is 0.410 e. The summed E-state index contributed by atoms with van der Waals surface area (Å²) in [5.41, 5.74) is 2.08. The van der Waals surface area contributed by atoms with Crippen LogP contribution in [0.25, 0.3) is 0 Å². The molecule has 7 nitrogen and oxygen atoms in total. The molecule has 0 radical (unpaired) electrons. The number of nitrogens with one attached hydrogen (secondary N) is 1. The number of hydrogen-bond donors (Lipinski definition) is 2. The molecule has 0 spiro atoms. The Morgan fingerprint density at radius 2 is 1.90 bits per heavy atom. The summed E-state index contributed by atoms with van der Waals surface area (Å²) in [6, 6.07) is 12.6. The number of aromatic hydroxyl groups is 1. The fraction of sp³-hybridized carbons (Fsp3) is 0.417. The van der Waals surface area contributed by atoms with Crippen molar-refractivity contribution in [2.24, 2.45) is 5.92 Å². The van der Waals surface area contributed by atoms with Gasteiger partial charge >= 0.3 is 6.09 Å². The maximum atomic E-state index is 12.7. The van der Waals surface area contributed by atoms with Crippen LogP contribution in [0.2, 0.25) is 0 Å². The molecule has 0 bridgehead atoms. The van der Waals surface area contributed by atoms with Gasteiger partial charge in [0.15, 0.2) is 0 Å². The highest BCUT2D eigenvalue weighted by molar-refractivity contribution is 5.98. The second-order valence-corrected chi connectivity index (χ2v) is 9.16. The third-order valence-corrected chi connectivity index (χ3v) is 5.64. The molecule has 2 atom stereocenters. The fourth-order valence-corrected chi connectivity index (χ4v) is 4.10. The highest BCUT2D eigenvalue weighted by Crippen LogP contribution is 2.35. The van der Waals surface area contributed by atoms with Crippen molar-refractivity contribution in [3.63, 3.8) is 0 Å². The largest absolute Gasteiger partial charge is 0.508 e. The van der Waals surface area contributed by atoms with Crippen molar-refractivity contribution >= 4 is 12.0 Å². The van der Waals surface area contributed by atoms with E-state index in [4.69, 9.17) is 9.47 Å². The second kappa shape index (κ2) is 8.13. The number of fused-ring (bicyclic) bond motifs is 1. The van der Waals surface area contributed by atoms with E-state index >= 15 is 0 Å². The lowest BCUT2D eigenvalue weighted by atomic mass is 9.89. The van der Waals surface area contributed by atoms with E-state index in [-0.39, 0.29) is 29.6 Å². The number of hydrogen-bond acceptors (Lipinski definition) is 5. The first-order valence-corrected chi connectivity index (χ1v) is 10.5. The number of rotatable bonds is 4. The molecule has 0 saturated carbocycles. The zero-order chi connectivity index (χ0) is 22.2. The van der Waals surface area contributed by atoms with E-state index < -0.39 is 5.60 Å². The number of ether oxygens (including phenoxy) is 2. The number of amides is 2. The molecule has 31 heavy (non-hydrogen) atoms. The summed E-state index contributed by atoms with van der Waals surface area (Å²) in [5, 5.41) is 12.4. The van der Waals surface area contributed by atoms with Gasteiger partial charge in [-0.3, -0.25) is 4.79 Å². The summed E-state index contributed by atoms with van der Waals surface area (Å²) in [5.74, 6) is 0.843. The van der Waals surface area contributed by atoms with Crippen molar-refractivity contribution in [3.8, 4) is 11.5 Å². The molecule has 2 aliphatic heterocycles. The predicted molar refractivity (Wildman–Crippen MR) is 115 cm³/mol. The Kier molecular flexibility index (Phi) is 5.52. The van der Waals surface area contributed by atoms with E-state index in [2.05, 4.69) is 5.32 Å². The molecule has 2 unspecified atom stereocenters. The predicted octanol–water partition coefficient (Wildman–Crippen LogP) is 3.67. The van der Waals surface area contributed by atoms with Crippen molar-refractivity contribution < 1.29 is 24.2 Å². The third kappa shape index (κ3) is 4.76. The van der Waals surface area contributed by atoms with Crippen LogP contribution in [-0.4, -0.2) is 47.3 Å². The summed E-state index contributed by atoms with van der Waals surface area (Å²) in [4.78, 5) is 26.3. The lowest BCUT2D eigenvalue weighted by molar-refractivity contribution is 0.0283. The van der Waals surface area contributed by atoms with Gasteiger partial charge in [-0.25, -0.2) is 4.79 Å². The molecule has 2 N–H and O–H groups in total. The number of benzene rings is 2. The number of phenolic OH excluding ortho intramolecular Hbond substituents is 1. The Hall–Kier alpha value is -3.22. The van der Waals surface area contributed by atoms with Crippen LogP contribution in [0.15, 0.2) is 42.5 Å². The summed E-state index contributed by atoms with van der Waals surface area (Å²) in [6.45, 7) is 7.51. The Labute approximate surface area is 182 Å². The molecule has 2 aromatic carbocycles. The van der Waals surface area contributed by atoms with Crippen LogP contribution in [0.3, 0.4) is 0 Å². The summed E-state index contributed by atoms with van der Waals surface area (Å²) >= 11 is 0. The highest BCUT2D eigenvalue weighted by atomic mass is 16.6. The molecular formula is C24H28N2O5. The SMILES string of the molecule is CC(C)(C)OC(=O)N1CC(COc2ccc3c(c2)C(=O)NC3)C(c2ccc(O)cc2)C1. The first-order valence-electron chi connectivity index (χ1n) is 10.5. The number of carbonyl (C=O) groups excluding carboxylic acids is 2. The Morgan fingerprint density at radius 1 is 1.16 bits per heavy atom. The standard InChI is InChI=1S/C24H28N2O5/c1-24(2,3)31-23(29)26-12-17(21(13-26)15-4-7-18(27)8-5-15)14-30-19-9-6-16-11-25-22(28)20(16)10-19/h4-10,17,21,27H,11-14H2,1-3H3,(H,25,28). The molecule has 1 saturated heterocycles. The highest BCUT2D eigenvalue weighted by Gasteiger charge is 2.38. The Morgan fingerprint density at radius 3 is 2.61 bits per heavy atom. The van der Waals surface area contributed by atoms with Gasteiger partial charge in [0.1, 0.15) is 17.1 Å². The number of phenols is 1. The normalized spacial score (nSPS) is 20.4. The van der Waals surface area contributed by atoms with Crippen LogP contribution in [0.1, 0.15) is 48.2 Å². The van der Waals surface area contributed by atoms with Crippen LogP contribution in [-0.2, 0) is 11.3 Å². The average molecular weight is 424 g/mol. The smallest absolute Gasteiger partial charge is 0.410 e. The van der Waals surface area contributed by atoms with Gasteiger partial charge in [0.05, 0.1) is 6.61 Å². The van der Waals surface area contributed by atoms with Gasteiger partial charge in [0.25, 0.3) is 5.91 Å². The average Bonchev–Trinajstić information content (AvgIpc) is 3.30. The van der Waals surface area contributed by atoms with Gasteiger partial charge in [-0.1, -0.05) is 18.2 Å². The summed E-state index contributed by atoms with van der Waals surface area (Å²) < 4.78 is 11.6. The molecule has 4 rings (SSSR count). The van der Waals surface area contributed by atoms with E-state index in [0.717, 1.165) is 11.1 Å². The quantitative estimate of drug-likeness (QED) is 0.782. The van der Waals surface area contributed by atoms with Gasteiger partial charge in [-0.2, -0.15) is 0 Å². The molecule has 2 heterocycles. The Bertz CT molecular complexity index is 980.